The molecule has 0 spiro atoms. The van der Waals surface area contributed by atoms with Gasteiger partial charge in [-0.2, -0.15) is 4.31 Å². The maximum atomic E-state index is 13.8. The summed E-state index contributed by atoms with van der Waals surface area (Å²) in [5.74, 6) is -1.62. The molecule has 5 nitrogen and oxygen atoms in total. The zero-order chi connectivity index (χ0) is 18.6. The van der Waals surface area contributed by atoms with Crippen molar-refractivity contribution in [1.29, 1.82) is 0 Å². The molecule has 0 saturated carbocycles. The van der Waals surface area contributed by atoms with Gasteiger partial charge in [-0.05, 0) is 43.4 Å². The second kappa shape index (κ2) is 8.23. The van der Waals surface area contributed by atoms with Gasteiger partial charge in [0.1, 0.15) is 16.5 Å². The summed E-state index contributed by atoms with van der Waals surface area (Å²) in [6, 6.07) is 2.37. The first-order valence-corrected chi connectivity index (χ1v) is 9.88. The van der Waals surface area contributed by atoms with E-state index in [-0.39, 0.29) is 24.9 Å². The van der Waals surface area contributed by atoms with Gasteiger partial charge in [-0.1, -0.05) is 13.8 Å². The molecule has 0 aromatic heterocycles. The number of nitrogens with one attached hydrogen (secondary N) is 1. The zero-order valence-electron chi connectivity index (χ0n) is 14.5. The Labute approximate surface area is 147 Å². The molecule has 0 radical (unpaired) electrons. The molecule has 140 valence electrons. The van der Waals surface area contributed by atoms with Crippen molar-refractivity contribution in [3.05, 3.63) is 29.8 Å². The van der Waals surface area contributed by atoms with Crippen LogP contribution in [-0.4, -0.2) is 38.3 Å². The Bertz CT molecular complexity index is 715. The maximum absolute atomic E-state index is 13.8. The van der Waals surface area contributed by atoms with E-state index < -0.39 is 26.6 Å². The Morgan fingerprint density at radius 1 is 1.28 bits per heavy atom. The van der Waals surface area contributed by atoms with Crippen molar-refractivity contribution in [2.45, 2.75) is 38.0 Å². The van der Waals surface area contributed by atoms with E-state index in [9.17, 15) is 22.0 Å². The van der Waals surface area contributed by atoms with E-state index in [0.29, 0.717) is 31.4 Å². The van der Waals surface area contributed by atoms with Crippen LogP contribution in [-0.2, 0) is 14.8 Å². The lowest BCUT2D eigenvalue weighted by Gasteiger charge is -2.30. The van der Waals surface area contributed by atoms with E-state index in [1.807, 2.05) is 0 Å². The van der Waals surface area contributed by atoms with Crippen molar-refractivity contribution >= 4 is 15.9 Å². The third-order valence-electron chi connectivity index (χ3n) is 4.36. The van der Waals surface area contributed by atoms with Gasteiger partial charge in [0.2, 0.25) is 15.9 Å². The lowest BCUT2D eigenvalue weighted by Crippen LogP contribution is -2.43. The summed E-state index contributed by atoms with van der Waals surface area (Å²) < 4.78 is 53.2. The van der Waals surface area contributed by atoms with Gasteiger partial charge in [0, 0.05) is 25.6 Å². The number of sulfonamides is 1. The minimum atomic E-state index is -4.11. The lowest BCUT2D eigenvalue weighted by atomic mass is 9.97. The summed E-state index contributed by atoms with van der Waals surface area (Å²) in [4.78, 5) is 11.5. The number of carbonyl (C=O) groups excluding carboxylic acids is 1. The molecule has 8 heteroatoms. The third kappa shape index (κ3) is 4.98. The molecule has 1 heterocycles. The molecule has 2 rings (SSSR count). The van der Waals surface area contributed by atoms with E-state index in [1.54, 1.807) is 0 Å². The molecule has 1 aliphatic rings. The SMILES string of the molecule is CC(C)CCNC(=O)C1CCN(S(=O)(=O)c2cc(F)ccc2F)CC1. The normalized spacial score (nSPS) is 17.0. The Morgan fingerprint density at radius 2 is 1.92 bits per heavy atom. The van der Waals surface area contributed by atoms with Crippen LogP contribution in [0.2, 0.25) is 0 Å². The second-order valence-electron chi connectivity index (χ2n) is 6.73. The molecule has 1 aromatic rings. The highest BCUT2D eigenvalue weighted by molar-refractivity contribution is 7.89. The smallest absolute Gasteiger partial charge is 0.246 e. The van der Waals surface area contributed by atoms with Crippen LogP contribution in [0.3, 0.4) is 0 Å². The van der Waals surface area contributed by atoms with Gasteiger partial charge < -0.3 is 5.32 Å². The molecule has 1 aromatic carbocycles. The minimum absolute atomic E-state index is 0.0744. The average Bonchev–Trinajstić information content (AvgIpc) is 2.56. The quantitative estimate of drug-likeness (QED) is 0.832. The summed E-state index contributed by atoms with van der Waals surface area (Å²) in [7, 11) is -4.11. The number of carbonyl (C=O) groups is 1. The van der Waals surface area contributed by atoms with Gasteiger partial charge in [-0.25, -0.2) is 17.2 Å². The van der Waals surface area contributed by atoms with Crippen LogP contribution >= 0.6 is 0 Å². The first kappa shape index (κ1) is 19.8. The number of nitrogens with zero attached hydrogens (tertiary/aromatic N) is 1. The molecule has 1 amide bonds. The standard InChI is InChI=1S/C17H24F2N2O3S/c1-12(2)5-8-20-17(22)13-6-9-21(10-7-13)25(23,24)16-11-14(18)3-4-15(16)19/h3-4,11-13H,5-10H2,1-2H3,(H,20,22). The van der Waals surface area contributed by atoms with Crippen LogP contribution in [0, 0.1) is 23.5 Å². The van der Waals surface area contributed by atoms with Crippen molar-refractivity contribution in [3.8, 4) is 0 Å². The van der Waals surface area contributed by atoms with E-state index in [0.717, 1.165) is 22.9 Å². The molecule has 1 fully saturated rings. The van der Waals surface area contributed by atoms with Crippen molar-refractivity contribution in [3.63, 3.8) is 0 Å². The summed E-state index contributed by atoms with van der Waals surface area (Å²) in [6.45, 7) is 4.97. The minimum Gasteiger partial charge on any atom is -0.356 e. The van der Waals surface area contributed by atoms with Gasteiger partial charge in [-0.15, -0.1) is 0 Å². The summed E-state index contributed by atoms with van der Waals surface area (Å²) in [6.07, 6.45) is 1.62. The van der Waals surface area contributed by atoms with Crippen molar-refractivity contribution in [2.24, 2.45) is 11.8 Å². The molecule has 1 saturated heterocycles. The number of hydrogen-bond donors (Lipinski definition) is 1. The van der Waals surface area contributed by atoms with Crippen LogP contribution in [0.15, 0.2) is 23.1 Å². The van der Waals surface area contributed by atoms with Gasteiger partial charge >= 0.3 is 0 Å². The van der Waals surface area contributed by atoms with Gasteiger partial charge in [-0.3, -0.25) is 4.79 Å². The van der Waals surface area contributed by atoms with E-state index in [1.165, 1.54) is 0 Å². The number of rotatable bonds is 6. The molecule has 0 unspecified atom stereocenters. The molecule has 1 N–H and O–H groups in total. The van der Waals surface area contributed by atoms with E-state index >= 15 is 0 Å². The maximum Gasteiger partial charge on any atom is 0.246 e. The second-order valence-corrected chi connectivity index (χ2v) is 8.63. The predicted octanol–water partition coefficient (Wildman–Crippen LogP) is 2.53. The molecule has 25 heavy (non-hydrogen) atoms. The Balaban J connectivity index is 1.97. The molecule has 0 bridgehead atoms. The van der Waals surface area contributed by atoms with Crippen molar-refractivity contribution in [1.82, 2.24) is 9.62 Å². The molecule has 0 atom stereocenters. The first-order valence-electron chi connectivity index (χ1n) is 8.44. The fraction of sp³-hybridized carbons (Fsp3) is 0.588. The molecule has 1 aliphatic heterocycles. The summed E-state index contributed by atoms with van der Waals surface area (Å²) in [5, 5.41) is 2.87. The average molecular weight is 374 g/mol. The summed E-state index contributed by atoms with van der Waals surface area (Å²) in [5.41, 5.74) is 0. The van der Waals surface area contributed by atoms with Crippen molar-refractivity contribution < 1.29 is 22.0 Å². The third-order valence-corrected chi connectivity index (χ3v) is 6.27. The topological polar surface area (TPSA) is 66.5 Å². The van der Waals surface area contributed by atoms with E-state index in [4.69, 9.17) is 0 Å². The number of hydrogen-bond acceptors (Lipinski definition) is 3. The lowest BCUT2D eigenvalue weighted by molar-refractivity contribution is -0.126. The highest BCUT2D eigenvalue weighted by atomic mass is 32.2. The number of benzene rings is 1. The fourth-order valence-corrected chi connectivity index (χ4v) is 4.35. The van der Waals surface area contributed by atoms with Gasteiger partial charge in [0.25, 0.3) is 0 Å². The largest absolute Gasteiger partial charge is 0.356 e. The van der Waals surface area contributed by atoms with Crippen LogP contribution in [0.5, 0.6) is 0 Å². The van der Waals surface area contributed by atoms with Crippen LogP contribution in [0.4, 0.5) is 8.78 Å². The Kier molecular flexibility index (Phi) is 6.51. The van der Waals surface area contributed by atoms with Crippen LogP contribution < -0.4 is 5.32 Å². The predicted molar refractivity (Wildman–Crippen MR) is 90.3 cm³/mol. The Hall–Kier alpha value is -1.54. The fourth-order valence-electron chi connectivity index (χ4n) is 2.80. The van der Waals surface area contributed by atoms with Crippen LogP contribution in [0.25, 0.3) is 0 Å². The molecular formula is C17H24F2N2O3S. The highest BCUT2D eigenvalue weighted by Crippen LogP contribution is 2.26. The monoisotopic (exact) mass is 374 g/mol. The number of piperidine rings is 1. The number of halogens is 2. The molecule has 0 aliphatic carbocycles. The van der Waals surface area contributed by atoms with Gasteiger partial charge in [0.05, 0.1) is 0 Å². The van der Waals surface area contributed by atoms with E-state index in [2.05, 4.69) is 19.2 Å². The summed E-state index contributed by atoms with van der Waals surface area (Å²) >= 11 is 0. The highest BCUT2D eigenvalue weighted by Gasteiger charge is 2.33. The Morgan fingerprint density at radius 3 is 2.52 bits per heavy atom. The molecular weight excluding hydrogens is 350 g/mol. The van der Waals surface area contributed by atoms with Gasteiger partial charge in [0.15, 0.2) is 0 Å². The number of amides is 1. The zero-order valence-corrected chi connectivity index (χ0v) is 15.3. The van der Waals surface area contributed by atoms with Crippen LogP contribution in [0.1, 0.15) is 33.1 Å². The first-order chi connectivity index (χ1) is 11.7. The van der Waals surface area contributed by atoms with Crippen molar-refractivity contribution in [2.75, 3.05) is 19.6 Å².